The van der Waals surface area contributed by atoms with E-state index in [-0.39, 0.29) is 0 Å². The van der Waals surface area contributed by atoms with Crippen LogP contribution in [0.2, 0.25) is 0 Å². The van der Waals surface area contributed by atoms with Crippen molar-refractivity contribution in [1.29, 1.82) is 0 Å². The van der Waals surface area contributed by atoms with Crippen molar-refractivity contribution in [2.24, 2.45) is 0 Å². The zero-order chi connectivity index (χ0) is 73.7. The van der Waals surface area contributed by atoms with Crippen molar-refractivity contribution in [3.05, 3.63) is 413 Å². The molecule has 20 aromatic carbocycles. The quantitative estimate of drug-likeness (QED) is 0.115. The van der Waals surface area contributed by atoms with Gasteiger partial charge in [-0.3, -0.25) is 0 Å². The largest absolute Gasteiger partial charge is 0.456 e. The third kappa shape index (κ3) is 10.9. The lowest BCUT2D eigenvalue weighted by Gasteiger charge is -2.32. The molecule has 0 aliphatic heterocycles. The summed E-state index contributed by atoms with van der Waals surface area (Å²) in [6.45, 7) is 0. The van der Waals surface area contributed by atoms with Crippen LogP contribution in [0.5, 0.6) is 0 Å². The second-order valence-electron chi connectivity index (χ2n) is 29.4. The van der Waals surface area contributed by atoms with Crippen LogP contribution < -0.4 is 9.80 Å². The summed E-state index contributed by atoms with van der Waals surface area (Å²) in [4.78, 5) is 5.03. The number of benzene rings is 20. The molecule has 0 bridgehead atoms. The van der Waals surface area contributed by atoms with E-state index in [1.54, 1.807) is 0 Å². The van der Waals surface area contributed by atoms with Crippen molar-refractivity contribution < 1.29 is 8.83 Å². The first-order valence-corrected chi connectivity index (χ1v) is 38.4. The van der Waals surface area contributed by atoms with Gasteiger partial charge >= 0.3 is 0 Å². The van der Waals surface area contributed by atoms with Gasteiger partial charge in [0, 0.05) is 44.1 Å². The van der Waals surface area contributed by atoms with E-state index in [9.17, 15) is 0 Å². The number of nitrogens with zero attached hydrogens (tertiary/aromatic N) is 2. The first-order valence-electron chi connectivity index (χ1n) is 38.4. The number of rotatable bonds is 13. The second-order valence-corrected chi connectivity index (χ2v) is 29.4. The van der Waals surface area contributed by atoms with Crippen molar-refractivity contribution in [2.45, 2.75) is 0 Å². The SMILES string of the molecule is c1ccc(-c2ccc(N(c3ccc4oc5cc(-c6ccc7c(-c8ccc9ccccc9c8)c(N(c8ccc(-c9ccccc9)cc8-c8cccc9ccccc89)c8cccc9oc%10ccccc%10c89)ccc7c6)ccc5c4c3)c3ccc4ccccc4c3-c3ccc4ccccc4c3)c(-c3cccc4ccccc34)c2)cc1. The molecule has 0 amide bonds. The molecular formula is C108H68N2O2. The van der Waals surface area contributed by atoms with Gasteiger partial charge in [-0.25, -0.2) is 0 Å². The molecule has 0 N–H and O–H groups in total. The van der Waals surface area contributed by atoms with Gasteiger partial charge in [-0.15, -0.1) is 0 Å². The molecule has 0 atom stereocenters. The van der Waals surface area contributed by atoms with Gasteiger partial charge in [-0.05, 0) is 223 Å². The van der Waals surface area contributed by atoms with Gasteiger partial charge in [0.25, 0.3) is 0 Å². The summed E-state index contributed by atoms with van der Waals surface area (Å²) in [7, 11) is 0. The first kappa shape index (κ1) is 64.3. The zero-order valence-electron chi connectivity index (χ0n) is 61.0. The zero-order valence-corrected chi connectivity index (χ0v) is 61.0. The molecule has 522 valence electrons. The standard InChI is InChI=1S/C108H68N2O2/c1-3-22-69(23-4-1)79-51-57-97(94(65-79)90-39-19-33-73-28-11-14-35-86(73)90)109(100-59-50-75-30-13-16-37-88(75)106(100)83-46-44-71-26-7-9-31-76(71)63-83)85-54-61-103-96(68-85)92-56-49-81(67-105(92)112-103)78-48-55-89-82(62-78)53-60-101(107(89)84-47-45-72-27-8-10-32-77(72)64-84)110(99-41-21-43-104-108(99)93-38-17-18-42-102(93)111-104)98-58-52-80(70-24-5-2-6-25-70)66-95(98)91-40-20-34-74-29-12-15-36-87(74)91/h1-68H. The molecule has 112 heavy (non-hydrogen) atoms. The van der Waals surface area contributed by atoms with Gasteiger partial charge in [0.05, 0.1) is 33.8 Å². The molecule has 0 fully saturated rings. The molecular weight excluding hydrogens is 1360 g/mol. The molecule has 2 aromatic heterocycles. The van der Waals surface area contributed by atoms with E-state index in [0.717, 1.165) is 167 Å². The van der Waals surface area contributed by atoms with Gasteiger partial charge in [-0.2, -0.15) is 0 Å². The molecule has 4 heteroatoms. The average Bonchev–Trinajstić information content (AvgIpc) is 1.26. The highest BCUT2D eigenvalue weighted by molar-refractivity contribution is 6.18. The van der Waals surface area contributed by atoms with Crippen molar-refractivity contribution in [2.75, 3.05) is 9.80 Å². The number of hydrogen-bond acceptors (Lipinski definition) is 4. The topological polar surface area (TPSA) is 32.8 Å². The second kappa shape index (κ2) is 26.5. The minimum Gasteiger partial charge on any atom is -0.456 e. The maximum Gasteiger partial charge on any atom is 0.137 e. The number of furan rings is 2. The highest BCUT2D eigenvalue weighted by atomic mass is 16.3. The van der Waals surface area contributed by atoms with Crippen LogP contribution in [0, 0.1) is 0 Å². The Kier molecular flexibility index (Phi) is 15.2. The lowest BCUT2D eigenvalue weighted by atomic mass is 9.90. The van der Waals surface area contributed by atoms with E-state index in [1.807, 2.05) is 0 Å². The summed E-state index contributed by atoms with van der Waals surface area (Å²) in [6.07, 6.45) is 0. The summed E-state index contributed by atoms with van der Waals surface area (Å²) in [5.74, 6) is 0. The molecule has 4 nitrogen and oxygen atoms in total. The first-order chi connectivity index (χ1) is 55.5. The third-order valence-corrected chi connectivity index (χ3v) is 23.0. The lowest BCUT2D eigenvalue weighted by Crippen LogP contribution is -2.13. The van der Waals surface area contributed by atoms with Gasteiger partial charge < -0.3 is 18.6 Å². The molecule has 0 unspecified atom stereocenters. The highest BCUT2D eigenvalue weighted by Crippen LogP contribution is 2.54. The number of fused-ring (bicyclic) bond motifs is 12. The van der Waals surface area contributed by atoms with E-state index >= 15 is 0 Å². The lowest BCUT2D eigenvalue weighted by molar-refractivity contribution is 0.668. The van der Waals surface area contributed by atoms with Crippen molar-refractivity contribution in [3.8, 4) is 77.9 Å². The van der Waals surface area contributed by atoms with Crippen molar-refractivity contribution >= 4 is 143 Å². The summed E-state index contributed by atoms with van der Waals surface area (Å²) >= 11 is 0. The van der Waals surface area contributed by atoms with Crippen LogP contribution in [-0.4, -0.2) is 0 Å². The predicted molar refractivity (Wildman–Crippen MR) is 473 cm³/mol. The molecule has 0 saturated carbocycles. The Balaban J connectivity index is 0.732. The molecule has 22 aromatic rings. The Bertz CT molecular complexity index is 7530. The van der Waals surface area contributed by atoms with Crippen LogP contribution in [0.3, 0.4) is 0 Å². The van der Waals surface area contributed by atoms with Crippen LogP contribution in [0.25, 0.3) is 186 Å². The molecule has 0 spiro atoms. The Labute approximate surface area is 647 Å². The summed E-state index contributed by atoms with van der Waals surface area (Å²) in [5, 5.41) is 18.2. The van der Waals surface area contributed by atoms with E-state index in [4.69, 9.17) is 8.83 Å². The summed E-state index contributed by atoms with van der Waals surface area (Å²) in [5.41, 5.74) is 25.2. The highest BCUT2D eigenvalue weighted by Gasteiger charge is 2.29. The maximum absolute atomic E-state index is 7.10. The maximum atomic E-state index is 7.10. The molecule has 0 saturated heterocycles. The summed E-state index contributed by atoms with van der Waals surface area (Å²) in [6, 6.07) is 151. The molecule has 0 aliphatic carbocycles. The van der Waals surface area contributed by atoms with Crippen molar-refractivity contribution in [3.63, 3.8) is 0 Å². The Hall–Kier alpha value is -14.8. The van der Waals surface area contributed by atoms with Gasteiger partial charge in [-0.1, -0.05) is 309 Å². The molecule has 2 heterocycles. The normalized spacial score (nSPS) is 11.8. The van der Waals surface area contributed by atoms with Crippen LogP contribution in [-0.2, 0) is 0 Å². The van der Waals surface area contributed by atoms with E-state index in [1.165, 1.54) is 53.9 Å². The van der Waals surface area contributed by atoms with Gasteiger partial charge in [0.1, 0.15) is 22.3 Å². The monoisotopic (exact) mass is 1420 g/mol. The Morgan fingerprint density at radius 2 is 0.562 bits per heavy atom. The fourth-order valence-electron chi connectivity index (χ4n) is 17.7. The van der Waals surface area contributed by atoms with E-state index in [0.29, 0.717) is 0 Å². The minimum absolute atomic E-state index is 0.811. The number of anilines is 6. The van der Waals surface area contributed by atoms with E-state index < -0.39 is 0 Å². The van der Waals surface area contributed by atoms with Crippen LogP contribution in [0.1, 0.15) is 0 Å². The molecule has 0 radical (unpaired) electrons. The number of hydrogen-bond donors (Lipinski definition) is 0. The smallest absolute Gasteiger partial charge is 0.137 e. The van der Waals surface area contributed by atoms with E-state index in [2.05, 4.69) is 422 Å². The van der Waals surface area contributed by atoms with Crippen LogP contribution in [0.15, 0.2) is 421 Å². The van der Waals surface area contributed by atoms with Crippen molar-refractivity contribution in [1.82, 2.24) is 0 Å². The Morgan fingerprint density at radius 3 is 1.19 bits per heavy atom. The predicted octanol–water partition coefficient (Wildman–Crippen LogP) is 31.0. The third-order valence-electron chi connectivity index (χ3n) is 23.0. The van der Waals surface area contributed by atoms with Gasteiger partial charge in [0.2, 0.25) is 0 Å². The molecule has 22 rings (SSSR count). The van der Waals surface area contributed by atoms with Crippen LogP contribution in [0.4, 0.5) is 34.1 Å². The number of para-hydroxylation sites is 1. The Morgan fingerprint density at radius 1 is 0.161 bits per heavy atom. The average molecular weight is 1430 g/mol. The van der Waals surface area contributed by atoms with Crippen LogP contribution >= 0.6 is 0 Å². The van der Waals surface area contributed by atoms with Gasteiger partial charge in [0.15, 0.2) is 0 Å². The fourth-order valence-corrected chi connectivity index (χ4v) is 17.7. The fraction of sp³-hybridized carbons (Fsp3) is 0. The molecule has 0 aliphatic rings. The summed E-state index contributed by atoms with van der Waals surface area (Å²) < 4.78 is 13.9. The minimum atomic E-state index is 0.811.